The predicted molar refractivity (Wildman–Crippen MR) is 74.3 cm³/mol. The average molecular weight is 234 g/mol. The zero-order valence-corrected chi connectivity index (χ0v) is 11.8. The van der Waals surface area contributed by atoms with Crippen LogP contribution in [0.1, 0.15) is 58.1 Å². The Kier molecular flexibility index (Phi) is 4.76. The molecule has 0 aliphatic carbocycles. The molecule has 1 unspecified atom stereocenters. The number of rotatable bonds is 5. The minimum atomic E-state index is -0.570. The molecule has 17 heavy (non-hydrogen) atoms. The van der Waals surface area contributed by atoms with E-state index in [4.69, 9.17) is 0 Å². The molecule has 0 aromatic heterocycles. The van der Waals surface area contributed by atoms with Gasteiger partial charge in [-0.05, 0) is 29.4 Å². The average Bonchev–Trinajstić information content (AvgIpc) is 2.29. The molecule has 0 radical (unpaired) electrons. The van der Waals surface area contributed by atoms with Crippen molar-refractivity contribution in [3.05, 3.63) is 35.4 Å². The molecule has 96 valence electrons. The highest BCUT2D eigenvalue weighted by atomic mass is 16.3. The van der Waals surface area contributed by atoms with Gasteiger partial charge in [0.15, 0.2) is 0 Å². The van der Waals surface area contributed by atoms with Crippen LogP contribution in [0.25, 0.3) is 0 Å². The maximum atomic E-state index is 10.5. The van der Waals surface area contributed by atoms with Gasteiger partial charge in [-0.2, -0.15) is 0 Å². The van der Waals surface area contributed by atoms with Crippen molar-refractivity contribution in [1.29, 1.82) is 0 Å². The van der Waals surface area contributed by atoms with Crippen LogP contribution in [-0.2, 0) is 6.42 Å². The Morgan fingerprint density at radius 1 is 1.06 bits per heavy atom. The fraction of sp³-hybridized carbons (Fsp3) is 0.625. The molecule has 0 aliphatic rings. The molecule has 1 aromatic rings. The smallest absolute Gasteiger partial charge is 0.0708 e. The zero-order valence-electron chi connectivity index (χ0n) is 11.8. The first kappa shape index (κ1) is 14.2. The Bertz CT molecular complexity index is 337. The molecule has 1 nitrogen and oxygen atoms in total. The maximum Gasteiger partial charge on any atom is 0.0708 e. The lowest BCUT2D eigenvalue weighted by Crippen LogP contribution is -2.36. The van der Waals surface area contributed by atoms with Crippen LogP contribution < -0.4 is 0 Å². The number of hydrogen-bond acceptors (Lipinski definition) is 1. The van der Waals surface area contributed by atoms with Crippen molar-refractivity contribution in [3.8, 4) is 0 Å². The first-order valence-corrected chi connectivity index (χ1v) is 6.70. The Morgan fingerprint density at radius 3 is 1.94 bits per heavy atom. The van der Waals surface area contributed by atoms with Crippen molar-refractivity contribution in [2.45, 2.75) is 59.0 Å². The Balaban J connectivity index is 2.81. The second kappa shape index (κ2) is 5.68. The van der Waals surface area contributed by atoms with Gasteiger partial charge in [0.1, 0.15) is 0 Å². The Morgan fingerprint density at radius 2 is 1.59 bits per heavy atom. The highest BCUT2D eigenvalue weighted by Gasteiger charge is 2.28. The normalized spacial score (nSPS) is 15.3. The summed E-state index contributed by atoms with van der Waals surface area (Å²) in [5, 5.41) is 10.5. The van der Waals surface area contributed by atoms with Gasteiger partial charge in [0.05, 0.1) is 5.60 Å². The first-order chi connectivity index (χ1) is 7.89. The molecule has 0 fully saturated rings. The van der Waals surface area contributed by atoms with Crippen LogP contribution in [0.2, 0.25) is 0 Å². The summed E-state index contributed by atoms with van der Waals surface area (Å²) in [6, 6.07) is 8.66. The van der Waals surface area contributed by atoms with E-state index >= 15 is 0 Å². The van der Waals surface area contributed by atoms with E-state index in [9.17, 15) is 5.11 Å². The third kappa shape index (κ3) is 3.57. The summed E-state index contributed by atoms with van der Waals surface area (Å²) >= 11 is 0. The van der Waals surface area contributed by atoms with E-state index in [1.165, 1.54) is 11.1 Å². The van der Waals surface area contributed by atoms with Crippen LogP contribution in [-0.4, -0.2) is 10.7 Å². The predicted octanol–water partition coefficient (Wildman–Crippen LogP) is 4.15. The molecule has 1 rings (SSSR count). The monoisotopic (exact) mass is 234 g/mol. The van der Waals surface area contributed by atoms with E-state index < -0.39 is 5.60 Å². The van der Waals surface area contributed by atoms with Crippen LogP contribution >= 0.6 is 0 Å². The van der Waals surface area contributed by atoms with Gasteiger partial charge >= 0.3 is 0 Å². The summed E-state index contributed by atoms with van der Waals surface area (Å²) < 4.78 is 0. The van der Waals surface area contributed by atoms with Crippen molar-refractivity contribution in [1.82, 2.24) is 0 Å². The van der Waals surface area contributed by atoms with E-state index in [1.807, 2.05) is 0 Å². The quantitative estimate of drug-likeness (QED) is 0.811. The van der Waals surface area contributed by atoms with Crippen LogP contribution in [0, 0.1) is 5.92 Å². The molecule has 0 spiro atoms. The summed E-state index contributed by atoms with van der Waals surface area (Å²) in [6.07, 6.45) is 1.55. The molecule has 1 heteroatoms. The van der Waals surface area contributed by atoms with Crippen LogP contribution in [0.3, 0.4) is 0 Å². The van der Waals surface area contributed by atoms with Crippen molar-refractivity contribution in [3.63, 3.8) is 0 Å². The maximum absolute atomic E-state index is 10.5. The highest BCUT2D eigenvalue weighted by Crippen LogP contribution is 2.26. The van der Waals surface area contributed by atoms with Crippen LogP contribution in [0.4, 0.5) is 0 Å². The lowest BCUT2D eigenvalue weighted by molar-refractivity contribution is -0.00828. The van der Waals surface area contributed by atoms with Crippen molar-refractivity contribution in [2.24, 2.45) is 5.92 Å². The van der Waals surface area contributed by atoms with Crippen molar-refractivity contribution in [2.75, 3.05) is 0 Å². The number of aliphatic hydroxyl groups is 1. The summed E-state index contributed by atoms with van der Waals surface area (Å²) in [4.78, 5) is 0. The molecule has 1 N–H and O–H groups in total. The Hall–Kier alpha value is -0.820. The molecular formula is C16H26O. The third-order valence-corrected chi connectivity index (χ3v) is 3.84. The molecule has 0 amide bonds. The fourth-order valence-corrected chi connectivity index (χ4v) is 2.11. The van der Waals surface area contributed by atoms with Gasteiger partial charge in [-0.15, -0.1) is 0 Å². The Labute approximate surface area is 106 Å². The standard InChI is InChI=1S/C16H26O/c1-6-16(17,13(4)5)11-14-7-9-15(10-8-14)12(2)3/h7-10,12-13,17H,6,11H2,1-5H3. The van der Waals surface area contributed by atoms with E-state index in [-0.39, 0.29) is 5.92 Å². The largest absolute Gasteiger partial charge is 0.389 e. The van der Waals surface area contributed by atoms with Gasteiger partial charge < -0.3 is 5.11 Å². The third-order valence-electron chi connectivity index (χ3n) is 3.84. The van der Waals surface area contributed by atoms with Gasteiger partial charge in [-0.1, -0.05) is 58.9 Å². The van der Waals surface area contributed by atoms with Crippen molar-refractivity contribution < 1.29 is 5.11 Å². The van der Waals surface area contributed by atoms with Gasteiger partial charge in [0.25, 0.3) is 0 Å². The summed E-state index contributed by atoms with van der Waals surface area (Å²) in [5.74, 6) is 0.858. The van der Waals surface area contributed by atoms with E-state index in [2.05, 4.69) is 58.9 Å². The lowest BCUT2D eigenvalue weighted by Gasteiger charge is -2.31. The van der Waals surface area contributed by atoms with Crippen molar-refractivity contribution >= 4 is 0 Å². The van der Waals surface area contributed by atoms with E-state index in [0.717, 1.165) is 12.8 Å². The minimum Gasteiger partial charge on any atom is -0.389 e. The summed E-state index contributed by atoms with van der Waals surface area (Å²) in [5.41, 5.74) is 2.02. The first-order valence-electron chi connectivity index (χ1n) is 6.70. The second-order valence-corrected chi connectivity index (χ2v) is 5.68. The fourth-order valence-electron chi connectivity index (χ4n) is 2.11. The lowest BCUT2D eigenvalue weighted by atomic mass is 9.82. The molecule has 0 bridgehead atoms. The molecule has 0 heterocycles. The van der Waals surface area contributed by atoms with Gasteiger partial charge in [-0.25, -0.2) is 0 Å². The summed E-state index contributed by atoms with van der Waals surface area (Å²) in [7, 11) is 0. The number of benzene rings is 1. The second-order valence-electron chi connectivity index (χ2n) is 5.68. The van der Waals surface area contributed by atoms with E-state index in [0.29, 0.717) is 5.92 Å². The summed E-state index contributed by atoms with van der Waals surface area (Å²) in [6.45, 7) is 10.6. The molecule has 0 saturated carbocycles. The molecule has 0 aliphatic heterocycles. The van der Waals surface area contributed by atoms with Gasteiger partial charge in [0, 0.05) is 6.42 Å². The molecule has 0 saturated heterocycles. The van der Waals surface area contributed by atoms with E-state index in [1.54, 1.807) is 0 Å². The molecular weight excluding hydrogens is 208 g/mol. The molecule has 1 aromatic carbocycles. The zero-order chi connectivity index (χ0) is 13.1. The van der Waals surface area contributed by atoms with Gasteiger partial charge in [-0.3, -0.25) is 0 Å². The minimum absolute atomic E-state index is 0.289. The van der Waals surface area contributed by atoms with Crippen LogP contribution in [0.5, 0.6) is 0 Å². The SMILES string of the molecule is CCC(O)(Cc1ccc(C(C)C)cc1)C(C)C. The van der Waals surface area contributed by atoms with Crippen LogP contribution in [0.15, 0.2) is 24.3 Å². The topological polar surface area (TPSA) is 20.2 Å². The number of hydrogen-bond donors (Lipinski definition) is 1. The van der Waals surface area contributed by atoms with Gasteiger partial charge in [0.2, 0.25) is 0 Å². The highest BCUT2D eigenvalue weighted by molar-refractivity contribution is 5.25. The molecule has 1 atom stereocenters.